The van der Waals surface area contributed by atoms with E-state index in [-0.39, 0.29) is 12.3 Å². The number of thiocarbonyl (C=S) groups is 1. The van der Waals surface area contributed by atoms with Gasteiger partial charge in [-0.2, -0.15) is 5.26 Å². The third-order valence-corrected chi connectivity index (χ3v) is 4.43. The van der Waals surface area contributed by atoms with Crippen molar-refractivity contribution in [1.29, 1.82) is 5.26 Å². The standard InChI is InChI=1S/C20H20ClN3OS/c21-18-9-7-17(8-10-18)15-19(25)23-20(26)24(13-4-12-22)14-11-16-5-2-1-3-6-16/h1-3,5-10H,4,11,13-15H2,(H,23,25,26). The maximum atomic E-state index is 12.2. The summed E-state index contributed by atoms with van der Waals surface area (Å²) in [4.78, 5) is 14.1. The number of rotatable bonds is 7. The summed E-state index contributed by atoms with van der Waals surface area (Å²) in [7, 11) is 0. The molecule has 0 unspecified atom stereocenters. The van der Waals surface area contributed by atoms with Gasteiger partial charge in [-0.05, 0) is 41.9 Å². The van der Waals surface area contributed by atoms with Crippen LogP contribution in [0.25, 0.3) is 0 Å². The van der Waals surface area contributed by atoms with Gasteiger partial charge in [0.2, 0.25) is 5.91 Å². The molecular weight excluding hydrogens is 366 g/mol. The summed E-state index contributed by atoms with van der Waals surface area (Å²) in [6, 6.07) is 19.3. The Bertz CT molecular complexity index is 772. The molecule has 2 aromatic rings. The van der Waals surface area contributed by atoms with E-state index < -0.39 is 0 Å². The number of benzene rings is 2. The Labute approximate surface area is 164 Å². The van der Waals surface area contributed by atoms with Gasteiger partial charge in [0.05, 0.1) is 18.9 Å². The molecule has 0 saturated heterocycles. The van der Waals surface area contributed by atoms with E-state index in [2.05, 4.69) is 11.4 Å². The van der Waals surface area contributed by atoms with E-state index in [0.717, 1.165) is 12.0 Å². The minimum Gasteiger partial charge on any atom is -0.348 e. The van der Waals surface area contributed by atoms with Crippen molar-refractivity contribution in [1.82, 2.24) is 10.2 Å². The fraction of sp³-hybridized carbons (Fsp3) is 0.250. The Kier molecular flexibility index (Phi) is 8.07. The van der Waals surface area contributed by atoms with Crippen molar-refractivity contribution in [3.05, 3.63) is 70.7 Å². The predicted octanol–water partition coefficient (Wildman–Crippen LogP) is 3.74. The fourth-order valence-electron chi connectivity index (χ4n) is 2.44. The number of amides is 1. The van der Waals surface area contributed by atoms with Gasteiger partial charge in [0, 0.05) is 18.1 Å². The van der Waals surface area contributed by atoms with Crippen molar-refractivity contribution in [2.24, 2.45) is 0 Å². The first-order valence-corrected chi connectivity index (χ1v) is 9.11. The highest BCUT2D eigenvalue weighted by Gasteiger charge is 2.13. The molecule has 0 aliphatic rings. The number of carbonyl (C=O) groups is 1. The second-order valence-corrected chi connectivity index (χ2v) is 6.61. The number of nitrogens with one attached hydrogen (secondary N) is 1. The highest BCUT2D eigenvalue weighted by atomic mass is 35.5. The van der Waals surface area contributed by atoms with Gasteiger partial charge in [0.15, 0.2) is 5.11 Å². The molecule has 2 aromatic carbocycles. The molecule has 0 atom stereocenters. The van der Waals surface area contributed by atoms with E-state index >= 15 is 0 Å². The van der Waals surface area contributed by atoms with Crippen molar-refractivity contribution in [2.45, 2.75) is 19.3 Å². The van der Waals surface area contributed by atoms with E-state index in [0.29, 0.717) is 29.6 Å². The Morgan fingerprint density at radius 3 is 2.42 bits per heavy atom. The van der Waals surface area contributed by atoms with E-state index in [1.54, 1.807) is 12.1 Å². The van der Waals surface area contributed by atoms with Crippen LogP contribution in [0, 0.1) is 11.3 Å². The number of carbonyl (C=O) groups excluding carboxylic acids is 1. The van der Waals surface area contributed by atoms with Gasteiger partial charge >= 0.3 is 0 Å². The summed E-state index contributed by atoms with van der Waals surface area (Å²) in [6.07, 6.45) is 1.36. The molecule has 134 valence electrons. The van der Waals surface area contributed by atoms with Crippen LogP contribution in [0.4, 0.5) is 0 Å². The van der Waals surface area contributed by atoms with Crippen molar-refractivity contribution in [2.75, 3.05) is 13.1 Å². The number of hydrogen-bond acceptors (Lipinski definition) is 3. The molecule has 0 fully saturated rings. The Balaban J connectivity index is 1.91. The number of halogens is 1. The van der Waals surface area contributed by atoms with Crippen LogP contribution < -0.4 is 5.32 Å². The SMILES string of the molecule is N#CCCN(CCc1ccccc1)C(=S)NC(=O)Cc1ccc(Cl)cc1. The summed E-state index contributed by atoms with van der Waals surface area (Å²) in [5.41, 5.74) is 2.05. The molecule has 1 N–H and O–H groups in total. The van der Waals surface area contributed by atoms with Crippen LogP contribution in [0.3, 0.4) is 0 Å². The normalized spacial score (nSPS) is 10.0. The second-order valence-electron chi connectivity index (χ2n) is 5.79. The summed E-state index contributed by atoms with van der Waals surface area (Å²) in [5, 5.41) is 12.6. The van der Waals surface area contributed by atoms with Gasteiger partial charge in [0.25, 0.3) is 0 Å². The molecule has 0 saturated carbocycles. The first-order valence-electron chi connectivity index (χ1n) is 8.32. The largest absolute Gasteiger partial charge is 0.348 e. The summed E-state index contributed by atoms with van der Waals surface area (Å²) in [6.45, 7) is 1.13. The number of nitrogens with zero attached hydrogens (tertiary/aromatic N) is 2. The highest BCUT2D eigenvalue weighted by molar-refractivity contribution is 7.80. The minimum atomic E-state index is -0.181. The average Bonchev–Trinajstić information content (AvgIpc) is 2.64. The lowest BCUT2D eigenvalue weighted by Gasteiger charge is -2.24. The Hall–Kier alpha value is -2.42. The topological polar surface area (TPSA) is 56.1 Å². The van der Waals surface area contributed by atoms with Crippen LogP contribution in [0.1, 0.15) is 17.5 Å². The van der Waals surface area contributed by atoms with Crippen molar-refractivity contribution >= 4 is 34.8 Å². The van der Waals surface area contributed by atoms with Gasteiger partial charge in [0.1, 0.15) is 0 Å². The highest BCUT2D eigenvalue weighted by Crippen LogP contribution is 2.10. The predicted molar refractivity (Wildman–Crippen MR) is 108 cm³/mol. The fourth-order valence-corrected chi connectivity index (χ4v) is 2.86. The van der Waals surface area contributed by atoms with E-state index in [9.17, 15) is 4.79 Å². The molecular formula is C20H20ClN3OS. The molecule has 0 heterocycles. The second kappa shape index (κ2) is 10.5. The van der Waals surface area contributed by atoms with Crippen LogP contribution >= 0.6 is 23.8 Å². The van der Waals surface area contributed by atoms with Crippen LogP contribution in [-0.2, 0) is 17.6 Å². The van der Waals surface area contributed by atoms with Crippen molar-refractivity contribution in [3.63, 3.8) is 0 Å². The van der Waals surface area contributed by atoms with Gasteiger partial charge < -0.3 is 10.2 Å². The van der Waals surface area contributed by atoms with Crippen molar-refractivity contribution in [3.8, 4) is 6.07 Å². The zero-order chi connectivity index (χ0) is 18.8. The van der Waals surface area contributed by atoms with E-state index in [4.69, 9.17) is 29.1 Å². The van der Waals surface area contributed by atoms with Gasteiger partial charge in [-0.1, -0.05) is 54.1 Å². The lowest BCUT2D eigenvalue weighted by Crippen LogP contribution is -2.44. The van der Waals surface area contributed by atoms with Gasteiger partial charge in [-0.3, -0.25) is 4.79 Å². The van der Waals surface area contributed by atoms with Crippen molar-refractivity contribution < 1.29 is 4.79 Å². The average molecular weight is 386 g/mol. The molecule has 2 rings (SSSR count). The maximum Gasteiger partial charge on any atom is 0.230 e. The third kappa shape index (κ3) is 6.83. The molecule has 0 bridgehead atoms. The molecule has 26 heavy (non-hydrogen) atoms. The van der Waals surface area contributed by atoms with Crippen LogP contribution in [0.5, 0.6) is 0 Å². The maximum absolute atomic E-state index is 12.2. The Morgan fingerprint density at radius 2 is 1.77 bits per heavy atom. The summed E-state index contributed by atoms with van der Waals surface area (Å²) in [5.74, 6) is -0.181. The first kappa shape index (κ1) is 19.9. The molecule has 0 radical (unpaired) electrons. The summed E-state index contributed by atoms with van der Waals surface area (Å²) >= 11 is 11.2. The molecule has 4 nitrogen and oxygen atoms in total. The minimum absolute atomic E-state index is 0.181. The molecule has 0 spiro atoms. The van der Waals surface area contributed by atoms with Gasteiger partial charge in [-0.15, -0.1) is 0 Å². The van der Waals surface area contributed by atoms with Crippen LogP contribution in [0.2, 0.25) is 5.02 Å². The van der Waals surface area contributed by atoms with E-state index in [1.807, 2.05) is 47.4 Å². The summed E-state index contributed by atoms with van der Waals surface area (Å²) < 4.78 is 0. The molecule has 0 aliphatic carbocycles. The lowest BCUT2D eigenvalue weighted by molar-refractivity contribution is -0.119. The molecule has 0 aromatic heterocycles. The zero-order valence-electron chi connectivity index (χ0n) is 14.3. The number of nitriles is 1. The zero-order valence-corrected chi connectivity index (χ0v) is 15.9. The third-order valence-electron chi connectivity index (χ3n) is 3.82. The molecule has 1 amide bonds. The van der Waals surface area contributed by atoms with Crippen LogP contribution in [-0.4, -0.2) is 29.0 Å². The van der Waals surface area contributed by atoms with Gasteiger partial charge in [-0.25, -0.2) is 0 Å². The quantitative estimate of drug-likeness (QED) is 0.737. The Morgan fingerprint density at radius 1 is 1.08 bits per heavy atom. The van der Waals surface area contributed by atoms with E-state index in [1.165, 1.54) is 5.56 Å². The molecule has 6 heteroatoms. The monoisotopic (exact) mass is 385 g/mol. The first-order chi connectivity index (χ1) is 12.6. The lowest BCUT2D eigenvalue weighted by atomic mass is 10.1. The smallest absolute Gasteiger partial charge is 0.230 e. The number of hydrogen-bond donors (Lipinski definition) is 1. The molecule has 0 aliphatic heterocycles. The van der Waals surface area contributed by atoms with Crippen LogP contribution in [0.15, 0.2) is 54.6 Å².